The second kappa shape index (κ2) is 7.69. The van der Waals surface area contributed by atoms with E-state index in [4.69, 9.17) is 4.98 Å². The van der Waals surface area contributed by atoms with Crippen LogP contribution in [0.2, 0.25) is 0 Å². The smallest absolute Gasteiger partial charge is 0.140 e. The van der Waals surface area contributed by atoms with Gasteiger partial charge < -0.3 is 20.1 Å². The van der Waals surface area contributed by atoms with Crippen LogP contribution in [0.3, 0.4) is 0 Å². The number of piperazine rings is 1. The number of hydrogen-bond acceptors (Lipinski definition) is 5. The molecule has 7 heteroatoms. The summed E-state index contributed by atoms with van der Waals surface area (Å²) < 4.78 is 1.87. The first-order chi connectivity index (χ1) is 15.7. The van der Waals surface area contributed by atoms with Crippen LogP contribution in [0.4, 0.5) is 17.2 Å². The van der Waals surface area contributed by atoms with Crippen LogP contribution in [-0.2, 0) is 0 Å². The van der Waals surface area contributed by atoms with Crippen LogP contribution in [0, 0.1) is 0 Å². The number of benzene rings is 1. The molecule has 0 amide bonds. The summed E-state index contributed by atoms with van der Waals surface area (Å²) in [6.07, 6.45) is 5.82. The predicted molar refractivity (Wildman–Crippen MR) is 130 cm³/mol. The van der Waals surface area contributed by atoms with E-state index in [1.165, 1.54) is 5.69 Å². The molecule has 0 radical (unpaired) electrons. The molecule has 0 spiro atoms. The average Bonchev–Trinajstić information content (AvgIpc) is 3.46. The first-order valence-electron chi connectivity index (χ1n) is 11.0. The molecule has 32 heavy (non-hydrogen) atoms. The van der Waals surface area contributed by atoms with Crippen LogP contribution in [0.5, 0.6) is 0 Å². The van der Waals surface area contributed by atoms with Crippen molar-refractivity contribution in [3.05, 3.63) is 73.2 Å². The Hall–Kier alpha value is -3.84. The minimum absolute atomic E-state index is 0.827. The summed E-state index contributed by atoms with van der Waals surface area (Å²) in [5, 5.41) is 8.85. The number of likely N-dealkylation sites (N-methyl/N-ethyl adjacent to an activating group) is 1. The number of aromatic amines is 1. The van der Waals surface area contributed by atoms with Crippen LogP contribution < -0.4 is 10.2 Å². The Morgan fingerprint density at radius 1 is 0.969 bits per heavy atom. The Kier molecular flexibility index (Phi) is 4.54. The molecule has 160 valence electrons. The molecule has 1 aromatic carbocycles. The van der Waals surface area contributed by atoms with Crippen LogP contribution in [0.25, 0.3) is 27.7 Å². The zero-order valence-corrected chi connectivity index (χ0v) is 18.0. The van der Waals surface area contributed by atoms with Gasteiger partial charge in [-0.05, 0) is 61.1 Å². The van der Waals surface area contributed by atoms with E-state index in [2.05, 4.69) is 74.7 Å². The monoisotopic (exact) mass is 423 g/mol. The molecule has 1 fully saturated rings. The van der Waals surface area contributed by atoms with Crippen LogP contribution >= 0.6 is 0 Å². The quantitative estimate of drug-likeness (QED) is 0.449. The number of fused-ring (bicyclic) bond motifs is 2. The van der Waals surface area contributed by atoms with Gasteiger partial charge in [-0.15, -0.1) is 0 Å². The van der Waals surface area contributed by atoms with Crippen molar-refractivity contribution in [1.82, 2.24) is 24.5 Å². The summed E-state index contributed by atoms with van der Waals surface area (Å²) in [6, 6.07) is 19.0. The number of hydrogen-bond donors (Lipinski definition) is 2. The average molecular weight is 424 g/mol. The SMILES string of the molecule is CN1CCN(c2cccc(Nc3ccc4c(-c5ccn6nccc6c5)c[nH]c4n3)c2)CC1. The number of pyridine rings is 2. The molecule has 0 atom stereocenters. The van der Waals surface area contributed by atoms with Gasteiger partial charge in [0.1, 0.15) is 11.5 Å². The van der Waals surface area contributed by atoms with Crippen molar-refractivity contribution in [3.63, 3.8) is 0 Å². The van der Waals surface area contributed by atoms with Gasteiger partial charge in [-0.25, -0.2) is 9.50 Å². The lowest BCUT2D eigenvalue weighted by Gasteiger charge is -2.34. The molecule has 5 heterocycles. The zero-order chi connectivity index (χ0) is 21.5. The number of aromatic nitrogens is 4. The molecule has 1 aliphatic heterocycles. The van der Waals surface area contributed by atoms with E-state index in [0.29, 0.717) is 0 Å². The molecular formula is C25H25N7. The van der Waals surface area contributed by atoms with Crippen molar-refractivity contribution in [2.45, 2.75) is 0 Å². The first kappa shape index (κ1) is 18.9. The van der Waals surface area contributed by atoms with Crippen molar-refractivity contribution in [3.8, 4) is 11.1 Å². The van der Waals surface area contributed by atoms with Crippen LogP contribution in [0.15, 0.2) is 73.2 Å². The van der Waals surface area contributed by atoms with E-state index in [-0.39, 0.29) is 0 Å². The Balaban J connectivity index is 1.26. The van der Waals surface area contributed by atoms with Gasteiger partial charge in [-0.1, -0.05) is 6.07 Å². The number of nitrogens with zero attached hydrogens (tertiary/aromatic N) is 5. The molecule has 6 rings (SSSR count). The molecule has 0 saturated carbocycles. The van der Waals surface area contributed by atoms with Gasteiger partial charge in [-0.2, -0.15) is 5.10 Å². The minimum Gasteiger partial charge on any atom is -0.369 e. The number of rotatable bonds is 4. The molecule has 7 nitrogen and oxygen atoms in total. The Morgan fingerprint density at radius 3 is 2.78 bits per heavy atom. The molecule has 2 N–H and O–H groups in total. The van der Waals surface area contributed by atoms with Gasteiger partial charge in [0, 0.05) is 67.1 Å². The molecule has 1 saturated heterocycles. The van der Waals surface area contributed by atoms with Gasteiger partial charge >= 0.3 is 0 Å². The maximum atomic E-state index is 4.82. The summed E-state index contributed by atoms with van der Waals surface area (Å²) in [7, 11) is 2.18. The van der Waals surface area contributed by atoms with E-state index < -0.39 is 0 Å². The fourth-order valence-corrected chi connectivity index (χ4v) is 4.40. The molecule has 0 bridgehead atoms. The topological polar surface area (TPSA) is 64.5 Å². The number of anilines is 3. The van der Waals surface area contributed by atoms with Gasteiger partial charge in [0.05, 0.1) is 5.52 Å². The van der Waals surface area contributed by atoms with Crippen LogP contribution in [-0.4, -0.2) is 57.7 Å². The van der Waals surface area contributed by atoms with Gasteiger partial charge in [0.2, 0.25) is 0 Å². The summed E-state index contributed by atoms with van der Waals surface area (Å²) in [5.41, 5.74) is 6.52. The van der Waals surface area contributed by atoms with E-state index in [1.54, 1.807) is 0 Å². The number of nitrogens with one attached hydrogen (secondary N) is 2. The van der Waals surface area contributed by atoms with Crippen molar-refractivity contribution in [1.29, 1.82) is 0 Å². The van der Waals surface area contributed by atoms with E-state index in [1.807, 2.05) is 35.2 Å². The van der Waals surface area contributed by atoms with Gasteiger partial charge in [-0.3, -0.25) is 0 Å². The third-order valence-electron chi connectivity index (χ3n) is 6.24. The highest BCUT2D eigenvalue weighted by atomic mass is 15.2. The van der Waals surface area contributed by atoms with Crippen LogP contribution in [0.1, 0.15) is 0 Å². The van der Waals surface area contributed by atoms with Gasteiger partial charge in [0.15, 0.2) is 0 Å². The van der Waals surface area contributed by atoms with Crippen molar-refractivity contribution in [2.24, 2.45) is 0 Å². The van der Waals surface area contributed by atoms with E-state index in [9.17, 15) is 0 Å². The number of H-pyrrole nitrogens is 1. The maximum Gasteiger partial charge on any atom is 0.140 e. The Labute approximate surface area is 186 Å². The highest BCUT2D eigenvalue weighted by Crippen LogP contribution is 2.30. The summed E-state index contributed by atoms with van der Waals surface area (Å²) in [4.78, 5) is 13.0. The fourth-order valence-electron chi connectivity index (χ4n) is 4.40. The molecule has 5 aromatic rings. The highest BCUT2D eigenvalue weighted by Gasteiger charge is 2.15. The van der Waals surface area contributed by atoms with E-state index >= 15 is 0 Å². The normalized spacial score (nSPS) is 15.0. The Bertz CT molecular complexity index is 1390. The van der Waals surface area contributed by atoms with Crippen molar-refractivity contribution in [2.75, 3.05) is 43.4 Å². The summed E-state index contributed by atoms with van der Waals surface area (Å²) in [6.45, 7) is 4.30. The first-order valence-corrected chi connectivity index (χ1v) is 11.0. The second-order valence-electron chi connectivity index (χ2n) is 8.38. The predicted octanol–water partition coefficient (Wildman–Crippen LogP) is 4.37. The van der Waals surface area contributed by atoms with Crippen molar-refractivity contribution < 1.29 is 0 Å². The van der Waals surface area contributed by atoms with E-state index in [0.717, 1.165) is 65.4 Å². The standard InChI is InChI=1S/C25H25N7/c1-30-11-13-31(14-12-30)20-4-2-3-19(16-20)28-24-6-5-22-23(17-26-25(22)29-24)18-8-10-32-21(15-18)7-9-27-32/h2-10,15-17H,11-14H2,1H3,(H2,26,28,29). The summed E-state index contributed by atoms with van der Waals surface area (Å²) in [5.74, 6) is 0.827. The maximum absolute atomic E-state index is 4.82. The second-order valence-corrected chi connectivity index (χ2v) is 8.38. The highest BCUT2D eigenvalue weighted by molar-refractivity contribution is 5.95. The molecule has 1 aliphatic rings. The third-order valence-corrected chi connectivity index (χ3v) is 6.24. The lowest BCUT2D eigenvalue weighted by molar-refractivity contribution is 0.313. The minimum atomic E-state index is 0.827. The molecular weight excluding hydrogens is 398 g/mol. The lowest BCUT2D eigenvalue weighted by Crippen LogP contribution is -2.44. The van der Waals surface area contributed by atoms with Crippen molar-refractivity contribution >= 4 is 33.7 Å². The fraction of sp³-hybridized carbons (Fsp3) is 0.200. The summed E-state index contributed by atoms with van der Waals surface area (Å²) >= 11 is 0. The third kappa shape index (κ3) is 3.46. The molecule has 0 aliphatic carbocycles. The lowest BCUT2D eigenvalue weighted by atomic mass is 10.1. The molecule has 0 unspecified atom stereocenters. The molecule has 4 aromatic heterocycles. The largest absolute Gasteiger partial charge is 0.369 e. The van der Waals surface area contributed by atoms with Gasteiger partial charge in [0.25, 0.3) is 0 Å². The zero-order valence-electron chi connectivity index (χ0n) is 18.0. The Morgan fingerprint density at radius 2 is 1.88 bits per heavy atom.